The number of anilines is 1. The van der Waals surface area contributed by atoms with E-state index in [0.29, 0.717) is 56.6 Å². The Hall–Kier alpha value is -2.37. The van der Waals surface area contributed by atoms with E-state index in [9.17, 15) is 27.1 Å². The summed E-state index contributed by atoms with van der Waals surface area (Å²) in [5, 5.41) is 21.5. The second-order valence-corrected chi connectivity index (χ2v) is 9.95. The Morgan fingerprint density at radius 1 is 1.06 bits per heavy atom. The van der Waals surface area contributed by atoms with Gasteiger partial charge in [-0.05, 0) is 36.8 Å². The molecule has 0 bridgehead atoms. The van der Waals surface area contributed by atoms with Gasteiger partial charge in [-0.25, -0.2) is 22.0 Å². The maximum absolute atomic E-state index is 14.2. The zero-order chi connectivity index (χ0) is 24.7. The summed E-state index contributed by atoms with van der Waals surface area (Å²) in [6.07, 6.45) is -0.133. The van der Waals surface area contributed by atoms with Crippen LogP contribution in [0.5, 0.6) is 0 Å². The van der Waals surface area contributed by atoms with Gasteiger partial charge in [0.1, 0.15) is 17.3 Å². The number of alkyl halides is 2. The second kappa shape index (κ2) is 9.59. The van der Waals surface area contributed by atoms with E-state index in [1.807, 2.05) is 0 Å². The van der Waals surface area contributed by atoms with Crippen molar-refractivity contribution in [3.63, 3.8) is 0 Å². The minimum atomic E-state index is -3.04. The van der Waals surface area contributed by atoms with Gasteiger partial charge in [0.05, 0.1) is 5.60 Å². The number of β-amino-alcohol motifs (C(OH)–C–C–N with tert-alkyl or cyclic N) is 1. The highest BCUT2D eigenvalue weighted by Crippen LogP contribution is 2.41. The average Bonchev–Trinajstić information content (AvgIpc) is 3.34. The van der Waals surface area contributed by atoms with Crippen LogP contribution in [0.4, 0.5) is 27.8 Å². The van der Waals surface area contributed by atoms with Gasteiger partial charge >= 0.3 is 0 Å². The molecule has 2 N–H and O–H groups in total. The summed E-state index contributed by atoms with van der Waals surface area (Å²) in [6.45, 7) is 3.50. The summed E-state index contributed by atoms with van der Waals surface area (Å²) in [4.78, 5) is 2.30. The standard InChI is InChI=1S/C24H27F5N4O2/c25-15-7-17(21(27)19(26)8-15)22-18(23(28)29)9-20(31-32-22)30-16-5-13-10-33(11-14(13)6-16)12-24(34)1-3-35-4-2-24/h7-9,13-14,16,23,34H,1-6,10-12H2,(H,30,31)/t13-,14+,16?. The van der Waals surface area contributed by atoms with Crippen molar-refractivity contribution in [1.82, 2.24) is 15.1 Å². The number of fused-ring (bicyclic) bond motifs is 1. The van der Waals surface area contributed by atoms with E-state index >= 15 is 0 Å². The van der Waals surface area contributed by atoms with Crippen molar-refractivity contribution < 1.29 is 31.8 Å². The van der Waals surface area contributed by atoms with Crippen LogP contribution in [-0.2, 0) is 4.74 Å². The van der Waals surface area contributed by atoms with E-state index < -0.39 is 46.3 Å². The number of aromatic nitrogens is 2. The molecular formula is C24H27F5N4O2. The number of likely N-dealkylation sites (tertiary alicyclic amines) is 1. The van der Waals surface area contributed by atoms with Crippen molar-refractivity contribution in [2.75, 3.05) is 38.2 Å². The van der Waals surface area contributed by atoms with Gasteiger partial charge in [-0.3, -0.25) is 4.90 Å². The van der Waals surface area contributed by atoms with Crippen LogP contribution in [0.2, 0.25) is 0 Å². The molecule has 1 aromatic carbocycles. The van der Waals surface area contributed by atoms with E-state index in [1.54, 1.807) is 0 Å². The summed E-state index contributed by atoms with van der Waals surface area (Å²) in [5.74, 6) is -3.09. The third kappa shape index (κ3) is 5.12. The number of hydrogen-bond acceptors (Lipinski definition) is 6. The van der Waals surface area contributed by atoms with Crippen molar-refractivity contribution in [2.45, 2.75) is 43.8 Å². The van der Waals surface area contributed by atoms with Crippen LogP contribution in [0.1, 0.15) is 37.7 Å². The first kappa shape index (κ1) is 24.3. The van der Waals surface area contributed by atoms with Crippen LogP contribution in [0, 0.1) is 29.3 Å². The summed E-state index contributed by atoms with van der Waals surface area (Å²) in [6, 6.07) is 2.04. The van der Waals surface area contributed by atoms with Crippen molar-refractivity contribution >= 4 is 5.82 Å². The zero-order valence-electron chi connectivity index (χ0n) is 19.0. The topological polar surface area (TPSA) is 70.5 Å². The van der Waals surface area contributed by atoms with Gasteiger partial charge in [0, 0.05) is 68.9 Å². The minimum absolute atomic E-state index is 0.00680. The van der Waals surface area contributed by atoms with Crippen LogP contribution in [0.3, 0.4) is 0 Å². The van der Waals surface area contributed by atoms with Crippen LogP contribution in [0.15, 0.2) is 18.2 Å². The Balaban J connectivity index is 1.25. The number of ether oxygens (including phenoxy) is 1. The van der Waals surface area contributed by atoms with Gasteiger partial charge in [0.25, 0.3) is 6.43 Å². The average molecular weight is 498 g/mol. The van der Waals surface area contributed by atoms with Gasteiger partial charge in [-0.15, -0.1) is 10.2 Å². The smallest absolute Gasteiger partial charge is 0.266 e. The highest BCUT2D eigenvalue weighted by molar-refractivity contribution is 5.65. The van der Waals surface area contributed by atoms with Crippen molar-refractivity contribution in [1.29, 1.82) is 0 Å². The molecule has 1 saturated carbocycles. The molecule has 0 amide bonds. The molecule has 2 saturated heterocycles. The highest BCUT2D eigenvalue weighted by atomic mass is 19.3. The molecule has 5 rings (SSSR count). The minimum Gasteiger partial charge on any atom is -0.388 e. The molecule has 3 aliphatic rings. The van der Waals surface area contributed by atoms with E-state index in [1.165, 1.54) is 0 Å². The van der Waals surface area contributed by atoms with Crippen molar-refractivity contribution in [3.05, 3.63) is 41.2 Å². The first-order valence-corrected chi connectivity index (χ1v) is 11.8. The third-order valence-corrected chi connectivity index (χ3v) is 7.43. The van der Waals surface area contributed by atoms with Gasteiger partial charge in [0.2, 0.25) is 0 Å². The fraction of sp³-hybridized carbons (Fsp3) is 0.583. The van der Waals surface area contributed by atoms with Crippen molar-refractivity contribution in [3.8, 4) is 11.3 Å². The lowest BCUT2D eigenvalue weighted by molar-refractivity contribution is -0.0779. The molecule has 1 aromatic heterocycles. The van der Waals surface area contributed by atoms with Gasteiger partial charge in [-0.1, -0.05) is 0 Å². The maximum Gasteiger partial charge on any atom is 0.266 e. The van der Waals surface area contributed by atoms with E-state index in [0.717, 1.165) is 32.0 Å². The summed E-state index contributed by atoms with van der Waals surface area (Å²) in [7, 11) is 0. The number of halogens is 5. The van der Waals surface area contributed by atoms with E-state index in [2.05, 4.69) is 20.4 Å². The molecule has 190 valence electrons. The fourth-order valence-electron chi connectivity index (χ4n) is 5.76. The van der Waals surface area contributed by atoms with E-state index in [4.69, 9.17) is 4.74 Å². The molecule has 1 unspecified atom stereocenters. The van der Waals surface area contributed by atoms with Crippen LogP contribution >= 0.6 is 0 Å². The van der Waals surface area contributed by atoms with Crippen LogP contribution in [-0.4, -0.2) is 64.7 Å². The molecule has 6 nitrogen and oxygen atoms in total. The summed E-state index contributed by atoms with van der Waals surface area (Å²) in [5.41, 5.74) is -2.65. The van der Waals surface area contributed by atoms with Gasteiger partial charge < -0.3 is 15.2 Å². The number of nitrogens with zero attached hydrogens (tertiary/aromatic N) is 3. The lowest BCUT2D eigenvalue weighted by Crippen LogP contribution is -2.46. The normalized spacial score (nSPS) is 26.3. The molecule has 3 heterocycles. The zero-order valence-corrected chi connectivity index (χ0v) is 19.0. The quantitative estimate of drug-likeness (QED) is 0.461. The monoisotopic (exact) mass is 498 g/mol. The molecule has 3 fully saturated rings. The number of rotatable bonds is 6. The molecule has 1 aliphatic carbocycles. The number of hydrogen-bond donors (Lipinski definition) is 2. The molecule has 35 heavy (non-hydrogen) atoms. The first-order valence-electron chi connectivity index (χ1n) is 11.8. The number of nitrogens with one attached hydrogen (secondary N) is 1. The summed E-state index contributed by atoms with van der Waals surface area (Å²) >= 11 is 0. The predicted molar refractivity (Wildman–Crippen MR) is 117 cm³/mol. The molecule has 3 atom stereocenters. The van der Waals surface area contributed by atoms with E-state index in [-0.39, 0.29) is 11.9 Å². The Labute approximate surface area is 199 Å². The fourth-order valence-corrected chi connectivity index (χ4v) is 5.76. The third-order valence-electron chi connectivity index (χ3n) is 7.43. The highest BCUT2D eigenvalue weighted by Gasteiger charge is 2.43. The second-order valence-electron chi connectivity index (χ2n) is 9.95. The van der Waals surface area contributed by atoms with Crippen LogP contribution in [0.25, 0.3) is 11.3 Å². The number of benzene rings is 1. The molecule has 11 heteroatoms. The first-order chi connectivity index (χ1) is 16.7. The maximum atomic E-state index is 14.2. The largest absolute Gasteiger partial charge is 0.388 e. The Bertz CT molecular complexity index is 1070. The molecule has 0 spiro atoms. The number of aliphatic hydroxyl groups is 1. The van der Waals surface area contributed by atoms with Crippen molar-refractivity contribution in [2.24, 2.45) is 11.8 Å². The Kier molecular flexibility index (Phi) is 6.67. The molecule has 2 aromatic rings. The molecule has 0 radical (unpaired) electrons. The lowest BCUT2D eigenvalue weighted by atomic mass is 9.94. The van der Waals surface area contributed by atoms with Gasteiger partial charge in [-0.2, -0.15) is 0 Å². The molecule has 2 aliphatic heterocycles. The SMILES string of the molecule is OC1(CN2C[C@H]3CC(Nc4cc(C(F)F)c(-c5cc(F)cc(F)c5F)nn4)C[C@H]3C2)CCOCC1. The Morgan fingerprint density at radius 2 is 1.74 bits per heavy atom. The predicted octanol–water partition coefficient (Wildman–Crippen LogP) is 4.16. The molecular weight excluding hydrogens is 471 g/mol. The lowest BCUT2D eigenvalue weighted by Gasteiger charge is -2.35. The summed E-state index contributed by atoms with van der Waals surface area (Å²) < 4.78 is 74.2. The van der Waals surface area contributed by atoms with Gasteiger partial charge in [0.15, 0.2) is 11.6 Å². The Morgan fingerprint density at radius 3 is 2.40 bits per heavy atom. The van der Waals surface area contributed by atoms with Crippen LogP contribution < -0.4 is 5.32 Å².